The molecular formula is C11H18O. The lowest BCUT2D eigenvalue weighted by atomic mass is 10.2. The normalized spacial score (nSPS) is 8.58. The van der Waals surface area contributed by atoms with E-state index in [0.29, 0.717) is 5.75 Å². The Labute approximate surface area is 75.1 Å². The lowest BCUT2D eigenvalue weighted by Gasteiger charge is -1.93. The van der Waals surface area contributed by atoms with Crippen molar-refractivity contribution in [2.45, 2.75) is 33.6 Å². The summed E-state index contributed by atoms with van der Waals surface area (Å²) in [7, 11) is 0. The van der Waals surface area contributed by atoms with E-state index >= 15 is 0 Å². The zero-order chi connectivity index (χ0) is 9.40. The van der Waals surface area contributed by atoms with Gasteiger partial charge in [-0.05, 0) is 24.1 Å². The van der Waals surface area contributed by atoms with Gasteiger partial charge in [0.05, 0.1) is 0 Å². The Bertz CT molecular complexity index is 189. The molecule has 0 unspecified atom stereocenters. The van der Waals surface area contributed by atoms with Crippen molar-refractivity contribution in [2.75, 3.05) is 0 Å². The first-order valence-corrected chi connectivity index (χ1v) is 4.52. The van der Waals surface area contributed by atoms with E-state index in [4.69, 9.17) is 5.11 Å². The maximum absolute atomic E-state index is 8.85. The van der Waals surface area contributed by atoms with Gasteiger partial charge in [0.25, 0.3) is 0 Å². The van der Waals surface area contributed by atoms with Gasteiger partial charge in [0, 0.05) is 0 Å². The third-order valence-electron chi connectivity index (χ3n) is 1.34. The molecule has 1 rings (SSSR count). The molecule has 1 N–H and O–H groups in total. The number of hydrogen-bond acceptors (Lipinski definition) is 1. The predicted octanol–water partition coefficient (Wildman–Crippen LogP) is 3.37. The molecule has 0 aliphatic rings. The van der Waals surface area contributed by atoms with Crippen LogP contribution in [-0.4, -0.2) is 5.11 Å². The first-order chi connectivity index (χ1) is 5.74. The largest absolute Gasteiger partial charge is 0.508 e. The second-order valence-corrected chi connectivity index (χ2v) is 2.73. The van der Waals surface area contributed by atoms with Gasteiger partial charge in [0.15, 0.2) is 0 Å². The van der Waals surface area contributed by atoms with Gasteiger partial charge < -0.3 is 5.11 Å². The maximum atomic E-state index is 8.85. The van der Waals surface area contributed by atoms with Gasteiger partial charge in [-0.3, -0.25) is 0 Å². The average molecular weight is 166 g/mol. The van der Waals surface area contributed by atoms with Crippen LogP contribution >= 0.6 is 0 Å². The van der Waals surface area contributed by atoms with E-state index in [1.807, 2.05) is 12.1 Å². The first kappa shape index (κ1) is 11.0. The van der Waals surface area contributed by atoms with E-state index in [9.17, 15) is 0 Å². The van der Waals surface area contributed by atoms with Crippen LogP contribution in [0.3, 0.4) is 0 Å². The highest BCUT2D eigenvalue weighted by molar-refractivity contribution is 5.25. The van der Waals surface area contributed by atoms with Crippen LogP contribution in [-0.2, 0) is 6.42 Å². The van der Waals surface area contributed by atoms with Crippen LogP contribution in [0, 0.1) is 0 Å². The van der Waals surface area contributed by atoms with Gasteiger partial charge in [-0.1, -0.05) is 39.3 Å². The number of phenolic OH excluding ortho intramolecular Hbond substituents is 1. The molecule has 1 nitrogen and oxygen atoms in total. The van der Waals surface area contributed by atoms with E-state index in [2.05, 4.69) is 20.8 Å². The molecule has 0 aliphatic carbocycles. The third kappa shape index (κ3) is 4.78. The fourth-order valence-electron chi connectivity index (χ4n) is 0.732. The molecular weight excluding hydrogens is 148 g/mol. The van der Waals surface area contributed by atoms with E-state index in [0.717, 1.165) is 6.42 Å². The maximum Gasteiger partial charge on any atom is 0.115 e. The van der Waals surface area contributed by atoms with E-state index < -0.39 is 0 Å². The number of rotatable bonds is 1. The molecule has 0 saturated heterocycles. The Balaban J connectivity index is 0.000000354. The molecule has 0 amide bonds. The summed E-state index contributed by atoms with van der Waals surface area (Å²) in [5.74, 6) is 0.340. The zero-order valence-corrected chi connectivity index (χ0v) is 8.17. The Morgan fingerprint density at radius 1 is 1.00 bits per heavy atom. The molecule has 0 saturated carbocycles. The summed E-state index contributed by atoms with van der Waals surface area (Å²) < 4.78 is 0. The van der Waals surface area contributed by atoms with E-state index in [1.54, 1.807) is 12.1 Å². The monoisotopic (exact) mass is 166 g/mol. The molecule has 1 aromatic rings. The molecule has 0 fully saturated rings. The van der Waals surface area contributed by atoms with Crippen molar-refractivity contribution in [3.05, 3.63) is 29.8 Å². The standard InChI is InChI=1S/C8H10O.C3H8/c1-2-7-3-5-8(9)6-4-7;1-3-2/h3-6,9H,2H2,1H3;3H2,1-2H3. The summed E-state index contributed by atoms with van der Waals surface area (Å²) >= 11 is 0. The zero-order valence-electron chi connectivity index (χ0n) is 8.17. The number of aromatic hydroxyl groups is 1. The van der Waals surface area contributed by atoms with Gasteiger partial charge in [-0.15, -0.1) is 0 Å². The molecule has 1 heteroatoms. The average Bonchev–Trinajstić information content (AvgIpc) is 2.07. The number of aryl methyl sites for hydroxylation is 1. The topological polar surface area (TPSA) is 20.2 Å². The minimum absolute atomic E-state index is 0.340. The molecule has 0 radical (unpaired) electrons. The van der Waals surface area contributed by atoms with Crippen LogP contribution in [0.1, 0.15) is 32.8 Å². The summed E-state index contributed by atoms with van der Waals surface area (Å²) in [6.07, 6.45) is 2.28. The Morgan fingerprint density at radius 3 is 1.75 bits per heavy atom. The molecule has 0 atom stereocenters. The Hall–Kier alpha value is -0.980. The van der Waals surface area contributed by atoms with Crippen molar-refractivity contribution in [1.82, 2.24) is 0 Å². The molecule has 12 heavy (non-hydrogen) atoms. The SMILES string of the molecule is CCC.CCc1ccc(O)cc1. The molecule has 68 valence electrons. The summed E-state index contributed by atoms with van der Waals surface area (Å²) in [6.45, 7) is 6.34. The van der Waals surface area contributed by atoms with Crippen molar-refractivity contribution in [1.29, 1.82) is 0 Å². The molecule has 0 aliphatic heterocycles. The van der Waals surface area contributed by atoms with Crippen molar-refractivity contribution < 1.29 is 5.11 Å². The summed E-state index contributed by atoms with van der Waals surface area (Å²) in [6, 6.07) is 7.27. The molecule has 0 heterocycles. The minimum Gasteiger partial charge on any atom is -0.508 e. The fraction of sp³-hybridized carbons (Fsp3) is 0.455. The van der Waals surface area contributed by atoms with E-state index in [-0.39, 0.29) is 0 Å². The number of benzene rings is 1. The summed E-state index contributed by atoms with van der Waals surface area (Å²) in [5.41, 5.74) is 1.26. The molecule has 1 aromatic carbocycles. The second-order valence-electron chi connectivity index (χ2n) is 2.73. The van der Waals surface area contributed by atoms with Crippen LogP contribution in [0.2, 0.25) is 0 Å². The number of phenols is 1. The van der Waals surface area contributed by atoms with Gasteiger partial charge in [0.1, 0.15) is 5.75 Å². The quantitative estimate of drug-likeness (QED) is 0.678. The van der Waals surface area contributed by atoms with Gasteiger partial charge in [-0.25, -0.2) is 0 Å². The highest BCUT2D eigenvalue weighted by atomic mass is 16.3. The van der Waals surface area contributed by atoms with Crippen LogP contribution in [0.5, 0.6) is 5.75 Å². The highest BCUT2D eigenvalue weighted by Gasteiger charge is 1.86. The van der Waals surface area contributed by atoms with Gasteiger partial charge >= 0.3 is 0 Å². The molecule has 0 bridgehead atoms. The second kappa shape index (κ2) is 6.71. The lowest BCUT2D eigenvalue weighted by Crippen LogP contribution is -1.75. The number of hydrogen-bond donors (Lipinski definition) is 1. The van der Waals surface area contributed by atoms with Crippen LogP contribution in [0.15, 0.2) is 24.3 Å². The third-order valence-corrected chi connectivity index (χ3v) is 1.34. The van der Waals surface area contributed by atoms with Crippen molar-refractivity contribution in [3.8, 4) is 5.75 Å². The summed E-state index contributed by atoms with van der Waals surface area (Å²) in [5, 5.41) is 8.85. The Morgan fingerprint density at radius 2 is 1.42 bits per heavy atom. The predicted molar refractivity (Wildman–Crippen MR) is 53.4 cm³/mol. The minimum atomic E-state index is 0.340. The van der Waals surface area contributed by atoms with Gasteiger partial charge in [-0.2, -0.15) is 0 Å². The van der Waals surface area contributed by atoms with Crippen molar-refractivity contribution >= 4 is 0 Å². The molecule has 0 aromatic heterocycles. The van der Waals surface area contributed by atoms with Crippen LogP contribution < -0.4 is 0 Å². The van der Waals surface area contributed by atoms with Crippen molar-refractivity contribution in [3.63, 3.8) is 0 Å². The Kier molecular flexibility index (Phi) is 6.16. The fourth-order valence-corrected chi connectivity index (χ4v) is 0.732. The van der Waals surface area contributed by atoms with E-state index in [1.165, 1.54) is 12.0 Å². The first-order valence-electron chi connectivity index (χ1n) is 4.52. The van der Waals surface area contributed by atoms with Gasteiger partial charge in [0.2, 0.25) is 0 Å². The lowest BCUT2D eigenvalue weighted by molar-refractivity contribution is 0.475. The van der Waals surface area contributed by atoms with Crippen LogP contribution in [0.25, 0.3) is 0 Å². The summed E-state index contributed by atoms with van der Waals surface area (Å²) in [4.78, 5) is 0. The highest BCUT2D eigenvalue weighted by Crippen LogP contribution is 2.09. The van der Waals surface area contributed by atoms with Crippen molar-refractivity contribution in [2.24, 2.45) is 0 Å². The molecule has 0 spiro atoms. The van der Waals surface area contributed by atoms with Crippen LogP contribution in [0.4, 0.5) is 0 Å². The smallest absolute Gasteiger partial charge is 0.115 e.